The number of para-hydroxylation sites is 1. The van der Waals surface area contributed by atoms with Crippen LogP contribution in [0.4, 0.5) is 11.4 Å². The Kier molecular flexibility index (Phi) is 4.59. The maximum absolute atomic E-state index is 12.8. The first-order chi connectivity index (χ1) is 12.3. The number of aryl methyl sites for hydroxylation is 1. The summed E-state index contributed by atoms with van der Waals surface area (Å²) < 4.78 is 5.66. The highest BCUT2D eigenvalue weighted by atomic mass is 16.5. The Morgan fingerprint density at radius 1 is 0.960 bits per heavy atom. The number of hydrogen-bond acceptors (Lipinski definition) is 3. The van der Waals surface area contributed by atoms with Crippen molar-refractivity contribution in [2.24, 2.45) is 0 Å². The number of hydrogen-bond donors (Lipinski definition) is 0. The third-order valence-electron chi connectivity index (χ3n) is 5.07. The first kappa shape index (κ1) is 16.0. The van der Waals surface area contributed by atoms with Crippen LogP contribution in [0.5, 0.6) is 5.75 Å². The molecule has 0 unspecified atom stereocenters. The Labute approximate surface area is 149 Å². The fraction of sp³-hybridized carbons (Fsp3) is 0.381. The maximum Gasteiger partial charge on any atom is 0.264 e. The van der Waals surface area contributed by atoms with E-state index in [0.717, 1.165) is 43.9 Å². The molecule has 1 amide bonds. The van der Waals surface area contributed by atoms with Crippen LogP contribution >= 0.6 is 0 Å². The zero-order valence-electron chi connectivity index (χ0n) is 14.5. The van der Waals surface area contributed by atoms with Crippen LogP contribution in [0.1, 0.15) is 24.8 Å². The van der Waals surface area contributed by atoms with Gasteiger partial charge in [-0.05, 0) is 55.5 Å². The average Bonchev–Trinajstić information content (AvgIpc) is 3.21. The van der Waals surface area contributed by atoms with Crippen LogP contribution in [0.25, 0.3) is 0 Å². The van der Waals surface area contributed by atoms with Gasteiger partial charge in [0.05, 0.1) is 0 Å². The van der Waals surface area contributed by atoms with Gasteiger partial charge in [-0.3, -0.25) is 4.79 Å². The van der Waals surface area contributed by atoms with Gasteiger partial charge in [-0.15, -0.1) is 0 Å². The van der Waals surface area contributed by atoms with E-state index in [1.807, 2.05) is 35.2 Å². The van der Waals surface area contributed by atoms with Crippen LogP contribution < -0.4 is 14.5 Å². The zero-order valence-corrected chi connectivity index (χ0v) is 14.5. The van der Waals surface area contributed by atoms with E-state index >= 15 is 0 Å². The van der Waals surface area contributed by atoms with Gasteiger partial charge in [0.25, 0.3) is 5.91 Å². The number of amides is 1. The third-order valence-corrected chi connectivity index (χ3v) is 5.07. The lowest BCUT2D eigenvalue weighted by atomic mass is 10.0. The number of fused-ring (bicyclic) bond motifs is 1. The molecule has 2 aliphatic heterocycles. The highest BCUT2D eigenvalue weighted by Gasteiger charge is 2.24. The standard InChI is InChI=1S/C21H24N2O2/c24-21(16-25-19-8-2-1-3-9-19)23-14-6-7-17-10-11-18(15-20(17)23)22-12-4-5-13-22/h1-3,8-11,15H,4-7,12-14,16H2. The number of rotatable bonds is 4. The first-order valence-electron chi connectivity index (χ1n) is 9.17. The molecule has 0 bridgehead atoms. The molecule has 2 aromatic carbocycles. The van der Waals surface area contributed by atoms with Gasteiger partial charge in [-0.1, -0.05) is 24.3 Å². The Bertz CT molecular complexity index is 739. The molecule has 0 radical (unpaired) electrons. The molecule has 4 heteroatoms. The summed E-state index contributed by atoms with van der Waals surface area (Å²) in [7, 11) is 0. The van der Waals surface area contributed by atoms with Crippen LogP contribution in [0.15, 0.2) is 48.5 Å². The van der Waals surface area contributed by atoms with Crippen LogP contribution in [0, 0.1) is 0 Å². The lowest BCUT2D eigenvalue weighted by Crippen LogP contribution is -2.38. The monoisotopic (exact) mass is 336 g/mol. The summed E-state index contributed by atoms with van der Waals surface area (Å²) in [6.45, 7) is 3.08. The maximum atomic E-state index is 12.8. The highest BCUT2D eigenvalue weighted by molar-refractivity contribution is 5.96. The molecule has 1 fully saturated rings. The van der Waals surface area contributed by atoms with Crippen LogP contribution in [0.3, 0.4) is 0 Å². The fourth-order valence-electron chi connectivity index (χ4n) is 3.73. The Morgan fingerprint density at radius 2 is 1.76 bits per heavy atom. The van der Waals surface area contributed by atoms with E-state index in [1.54, 1.807) is 0 Å². The van der Waals surface area contributed by atoms with Crippen molar-refractivity contribution in [3.63, 3.8) is 0 Å². The molecule has 2 heterocycles. The van der Waals surface area contributed by atoms with Crippen molar-refractivity contribution >= 4 is 17.3 Å². The topological polar surface area (TPSA) is 32.8 Å². The number of carbonyl (C=O) groups excluding carboxylic acids is 1. The molecule has 0 saturated carbocycles. The highest BCUT2D eigenvalue weighted by Crippen LogP contribution is 2.32. The molecule has 4 nitrogen and oxygen atoms in total. The Hall–Kier alpha value is -2.49. The summed E-state index contributed by atoms with van der Waals surface area (Å²) in [6.07, 6.45) is 4.56. The second kappa shape index (κ2) is 7.18. The second-order valence-electron chi connectivity index (χ2n) is 6.76. The molecule has 0 N–H and O–H groups in total. The van der Waals surface area contributed by atoms with Gasteiger partial charge in [0.15, 0.2) is 6.61 Å². The van der Waals surface area contributed by atoms with Gasteiger partial charge in [0.2, 0.25) is 0 Å². The average molecular weight is 336 g/mol. The van der Waals surface area contributed by atoms with E-state index in [2.05, 4.69) is 23.1 Å². The zero-order chi connectivity index (χ0) is 17.1. The quantitative estimate of drug-likeness (QED) is 0.854. The molecule has 0 aromatic heterocycles. The molecule has 2 aromatic rings. The molecule has 0 atom stereocenters. The van der Waals surface area contributed by atoms with Crippen molar-refractivity contribution in [3.05, 3.63) is 54.1 Å². The van der Waals surface area contributed by atoms with E-state index in [9.17, 15) is 4.79 Å². The van der Waals surface area contributed by atoms with Crippen molar-refractivity contribution in [2.75, 3.05) is 36.0 Å². The van der Waals surface area contributed by atoms with E-state index in [4.69, 9.17) is 4.74 Å². The minimum atomic E-state index is 0.0309. The summed E-state index contributed by atoms with van der Waals surface area (Å²) in [6, 6.07) is 16.1. The van der Waals surface area contributed by atoms with Crippen molar-refractivity contribution in [1.82, 2.24) is 0 Å². The largest absolute Gasteiger partial charge is 0.484 e. The number of anilines is 2. The normalized spacial score (nSPS) is 16.6. The van der Waals surface area contributed by atoms with Crippen LogP contribution in [0.2, 0.25) is 0 Å². The van der Waals surface area contributed by atoms with Crippen molar-refractivity contribution in [3.8, 4) is 5.75 Å². The first-order valence-corrected chi connectivity index (χ1v) is 9.17. The number of benzene rings is 2. The predicted octanol–water partition coefficient (Wildman–Crippen LogP) is 3.65. The lowest BCUT2D eigenvalue weighted by Gasteiger charge is -2.31. The molecule has 2 aliphatic rings. The molecule has 1 saturated heterocycles. The van der Waals surface area contributed by atoms with Gasteiger partial charge in [0, 0.05) is 31.0 Å². The van der Waals surface area contributed by atoms with Crippen LogP contribution in [-0.2, 0) is 11.2 Å². The Morgan fingerprint density at radius 3 is 2.56 bits per heavy atom. The molecular formula is C21H24N2O2. The summed E-state index contributed by atoms with van der Waals surface area (Å²) in [4.78, 5) is 17.1. The molecule has 0 aliphatic carbocycles. The van der Waals surface area contributed by atoms with Crippen molar-refractivity contribution in [1.29, 1.82) is 0 Å². The summed E-state index contributed by atoms with van der Waals surface area (Å²) in [5, 5.41) is 0. The van der Waals surface area contributed by atoms with E-state index < -0.39 is 0 Å². The van der Waals surface area contributed by atoms with Gasteiger partial charge < -0.3 is 14.5 Å². The minimum Gasteiger partial charge on any atom is -0.484 e. The third kappa shape index (κ3) is 3.48. The van der Waals surface area contributed by atoms with E-state index in [1.165, 1.54) is 24.1 Å². The number of ether oxygens (including phenoxy) is 1. The van der Waals surface area contributed by atoms with Gasteiger partial charge in [0.1, 0.15) is 5.75 Å². The van der Waals surface area contributed by atoms with Gasteiger partial charge in [-0.25, -0.2) is 0 Å². The Balaban J connectivity index is 1.51. The van der Waals surface area contributed by atoms with E-state index in [-0.39, 0.29) is 12.5 Å². The predicted molar refractivity (Wildman–Crippen MR) is 101 cm³/mol. The summed E-state index contributed by atoms with van der Waals surface area (Å²) >= 11 is 0. The van der Waals surface area contributed by atoms with Gasteiger partial charge in [-0.2, -0.15) is 0 Å². The molecule has 0 spiro atoms. The molecule has 130 valence electrons. The molecule has 4 rings (SSSR count). The molecular weight excluding hydrogens is 312 g/mol. The number of carbonyl (C=O) groups is 1. The summed E-state index contributed by atoms with van der Waals surface area (Å²) in [5.41, 5.74) is 3.57. The minimum absolute atomic E-state index is 0.0309. The fourth-order valence-corrected chi connectivity index (χ4v) is 3.73. The summed E-state index contributed by atoms with van der Waals surface area (Å²) in [5.74, 6) is 0.766. The van der Waals surface area contributed by atoms with Crippen molar-refractivity contribution < 1.29 is 9.53 Å². The van der Waals surface area contributed by atoms with Crippen molar-refractivity contribution in [2.45, 2.75) is 25.7 Å². The van der Waals surface area contributed by atoms with Crippen LogP contribution in [-0.4, -0.2) is 32.1 Å². The SMILES string of the molecule is O=C(COc1ccccc1)N1CCCc2ccc(N3CCCC3)cc21. The number of nitrogens with zero attached hydrogens (tertiary/aromatic N) is 2. The molecule has 25 heavy (non-hydrogen) atoms. The van der Waals surface area contributed by atoms with E-state index in [0.29, 0.717) is 0 Å². The lowest BCUT2D eigenvalue weighted by molar-refractivity contribution is -0.120. The second-order valence-corrected chi connectivity index (χ2v) is 6.76. The smallest absolute Gasteiger partial charge is 0.264 e. The van der Waals surface area contributed by atoms with Gasteiger partial charge >= 0.3 is 0 Å².